The molecule has 1 aromatic heterocycles. The van der Waals surface area contributed by atoms with Gasteiger partial charge in [0.05, 0.1) is 12.4 Å². The van der Waals surface area contributed by atoms with Gasteiger partial charge in [-0.15, -0.1) is 0 Å². The minimum atomic E-state index is 0.551. The zero-order valence-electron chi connectivity index (χ0n) is 8.39. The molecule has 1 atom stereocenters. The molecule has 14 heavy (non-hydrogen) atoms. The van der Waals surface area contributed by atoms with Gasteiger partial charge in [-0.1, -0.05) is 0 Å². The molecule has 4 nitrogen and oxygen atoms in total. The summed E-state index contributed by atoms with van der Waals surface area (Å²) in [5.74, 6) is 0.757. The van der Waals surface area contributed by atoms with Gasteiger partial charge in [0, 0.05) is 6.04 Å². The van der Waals surface area contributed by atoms with Crippen LogP contribution < -0.4 is 4.74 Å². The van der Waals surface area contributed by atoms with Crippen molar-refractivity contribution >= 4 is 0 Å². The smallest absolute Gasteiger partial charge is 0.155 e. The van der Waals surface area contributed by atoms with Crippen LogP contribution in [0.4, 0.5) is 0 Å². The number of likely N-dealkylation sites (N-methyl/N-ethyl adjacent to an activating group) is 1. The first-order chi connectivity index (χ1) is 6.86. The Labute approximate surface area is 83.9 Å². The lowest BCUT2D eigenvalue weighted by atomic mass is 10.2. The van der Waals surface area contributed by atoms with Crippen molar-refractivity contribution in [1.29, 1.82) is 0 Å². The summed E-state index contributed by atoms with van der Waals surface area (Å²) < 4.78 is 5.59. The van der Waals surface area contributed by atoms with Crippen LogP contribution in [0, 0.1) is 0 Å². The van der Waals surface area contributed by atoms with Crippen LogP contribution in [0.2, 0.25) is 0 Å². The zero-order valence-corrected chi connectivity index (χ0v) is 8.39. The number of ether oxygens (including phenoxy) is 1. The maximum Gasteiger partial charge on any atom is 0.155 e. The Balaban J connectivity index is 1.82. The molecule has 1 aromatic rings. The predicted octanol–water partition coefficient (Wildman–Crippen LogP) is 0.950. The van der Waals surface area contributed by atoms with Crippen LogP contribution in [0.15, 0.2) is 18.7 Å². The minimum absolute atomic E-state index is 0.551. The summed E-state index contributed by atoms with van der Waals surface area (Å²) in [4.78, 5) is 10.1. The number of aromatic nitrogens is 2. The highest BCUT2D eigenvalue weighted by Gasteiger charge is 2.21. The Hall–Kier alpha value is -1.16. The normalized spacial score (nSPS) is 22.5. The summed E-state index contributed by atoms with van der Waals surface area (Å²) >= 11 is 0. The van der Waals surface area contributed by atoms with Gasteiger partial charge in [-0.3, -0.25) is 0 Å². The maximum absolute atomic E-state index is 5.59. The largest absolute Gasteiger partial charge is 0.489 e. The van der Waals surface area contributed by atoms with Gasteiger partial charge in [-0.25, -0.2) is 9.97 Å². The van der Waals surface area contributed by atoms with E-state index in [1.54, 1.807) is 12.4 Å². The Kier molecular flexibility index (Phi) is 2.93. The van der Waals surface area contributed by atoms with Crippen molar-refractivity contribution in [2.45, 2.75) is 18.9 Å². The van der Waals surface area contributed by atoms with Gasteiger partial charge in [-0.05, 0) is 26.4 Å². The van der Waals surface area contributed by atoms with Crippen molar-refractivity contribution in [1.82, 2.24) is 14.9 Å². The van der Waals surface area contributed by atoms with Crippen molar-refractivity contribution in [3.05, 3.63) is 18.7 Å². The molecule has 76 valence electrons. The van der Waals surface area contributed by atoms with Crippen molar-refractivity contribution < 1.29 is 4.74 Å². The van der Waals surface area contributed by atoms with Crippen LogP contribution in [0.25, 0.3) is 0 Å². The molecular weight excluding hydrogens is 178 g/mol. The molecule has 1 aliphatic heterocycles. The molecule has 4 heteroatoms. The van der Waals surface area contributed by atoms with Gasteiger partial charge in [0.1, 0.15) is 12.9 Å². The summed E-state index contributed by atoms with van der Waals surface area (Å²) in [5.41, 5.74) is 0. The third kappa shape index (κ3) is 2.20. The Morgan fingerprint density at radius 2 is 2.29 bits per heavy atom. The third-order valence-corrected chi connectivity index (χ3v) is 2.65. The molecule has 0 saturated carbocycles. The first kappa shape index (κ1) is 9.40. The number of hydrogen-bond acceptors (Lipinski definition) is 4. The van der Waals surface area contributed by atoms with Crippen molar-refractivity contribution in [2.75, 3.05) is 20.2 Å². The summed E-state index contributed by atoms with van der Waals surface area (Å²) in [6, 6.07) is 0.551. The predicted molar refractivity (Wildman–Crippen MR) is 53.2 cm³/mol. The number of nitrogens with zero attached hydrogens (tertiary/aromatic N) is 3. The van der Waals surface area contributed by atoms with Crippen LogP contribution in [0.1, 0.15) is 12.8 Å². The molecule has 2 rings (SSSR count). The summed E-state index contributed by atoms with van der Waals surface area (Å²) in [6.45, 7) is 1.92. The lowest BCUT2D eigenvalue weighted by molar-refractivity contribution is 0.197. The van der Waals surface area contributed by atoms with E-state index in [1.807, 2.05) is 0 Å². The Morgan fingerprint density at radius 3 is 2.93 bits per heavy atom. The monoisotopic (exact) mass is 193 g/mol. The Bertz CT molecular complexity index is 278. The second-order valence-corrected chi connectivity index (χ2v) is 3.66. The molecule has 2 heterocycles. The highest BCUT2D eigenvalue weighted by Crippen LogP contribution is 2.16. The molecule has 1 aliphatic rings. The van der Waals surface area contributed by atoms with Gasteiger partial charge < -0.3 is 9.64 Å². The van der Waals surface area contributed by atoms with Crippen molar-refractivity contribution in [3.63, 3.8) is 0 Å². The molecule has 0 radical (unpaired) electrons. The van der Waals surface area contributed by atoms with Crippen LogP contribution >= 0.6 is 0 Å². The summed E-state index contributed by atoms with van der Waals surface area (Å²) in [6.07, 6.45) is 7.40. The molecule has 0 bridgehead atoms. The molecule has 0 unspecified atom stereocenters. The number of likely N-dealkylation sites (tertiary alicyclic amines) is 1. The molecule has 0 N–H and O–H groups in total. The Morgan fingerprint density at radius 1 is 1.50 bits per heavy atom. The van der Waals surface area contributed by atoms with Crippen LogP contribution in [0.3, 0.4) is 0 Å². The van der Waals surface area contributed by atoms with Crippen LogP contribution in [-0.2, 0) is 0 Å². The first-order valence-corrected chi connectivity index (χ1v) is 4.94. The molecule has 1 fully saturated rings. The van der Waals surface area contributed by atoms with E-state index in [-0.39, 0.29) is 0 Å². The highest BCUT2D eigenvalue weighted by atomic mass is 16.5. The van der Waals surface area contributed by atoms with E-state index in [1.165, 1.54) is 25.7 Å². The van der Waals surface area contributed by atoms with Crippen molar-refractivity contribution in [2.24, 2.45) is 0 Å². The molecular formula is C10H15N3O. The topological polar surface area (TPSA) is 38.2 Å². The first-order valence-electron chi connectivity index (χ1n) is 4.94. The fraction of sp³-hybridized carbons (Fsp3) is 0.600. The third-order valence-electron chi connectivity index (χ3n) is 2.65. The molecule has 1 saturated heterocycles. The van der Waals surface area contributed by atoms with Crippen molar-refractivity contribution in [3.8, 4) is 5.75 Å². The summed E-state index contributed by atoms with van der Waals surface area (Å²) in [7, 11) is 2.14. The standard InChI is InChI=1S/C10H15N3O/c1-13-4-2-3-9(13)7-14-10-5-11-8-12-6-10/h5-6,8-9H,2-4,7H2,1H3/t9-/m0/s1. The molecule has 0 amide bonds. The molecule has 0 aliphatic carbocycles. The second-order valence-electron chi connectivity index (χ2n) is 3.66. The lowest BCUT2D eigenvalue weighted by Crippen LogP contribution is -2.30. The van der Waals surface area contributed by atoms with E-state index >= 15 is 0 Å². The van der Waals surface area contributed by atoms with Gasteiger partial charge >= 0.3 is 0 Å². The van der Waals surface area contributed by atoms with E-state index in [9.17, 15) is 0 Å². The molecule has 0 aromatic carbocycles. The van der Waals surface area contributed by atoms with E-state index in [4.69, 9.17) is 4.74 Å². The minimum Gasteiger partial charge on any atom is -0.489 e. The van der Waals surface area contributed by atoms with E-state index in [0.717, 1.165) is 12.4 Å². The van der Waals surface area contributed by atoms with Gasteiger partial charge in [0.2, 0.25) is 0 Å². The average Bonchev–Trinajstić information content (AvgIpc) is 2.63. The zero-order chi connectivity index (χ0) is 9.80. The fourth-order valence-electron chi connectivity index (χ4n) is 1.74. The van der Waals surface area contributed by atoms with E-state index < -0.39 is 0 Å². The summed E-state index contributed by atoms with van der Waals surface area (Å²) in [5, 5.41) is 0. The maximum atomic E-state index is 5.59. The van der Waals surface area contributed by atoms with Gasteiger partial charge in [-0.2, -0.15) is 0 Å². The van der Waals surface area contributed by atoms with E-state index in [2.05, 4.69) is 21.9 Å². The lowest BCUT2D eigenvalue weighted by Gasteiger charge is -2.19. The van der Waals surface area contributed by atoms with Gasteiger partial charge in [0.25, 0.3) is 0 Å². The van der Waals surface area contributed by atoms with Crippen LogP contribution in [0.5, 0.6) is 5.75 Å². The number of hydrogen-bond donors (Lipinski definition) is 0. The van der Waals surface area contributed by atoms with Gasteiger partial charge in [0.15, 0.2) is 5.75 Å². The molecule has 0 spiro atoms. The van der Waals surface area contributed by atoms with E-state index in [0.29, 0.717) is 6.04 Å². The quantitative estimate of drug-likeness (QED) is 0.716. The highest BCUT2D eigenvalue weighted by molar-refractivity contribution is 5.10. The fourth-order valence-corrected chi connectivity index (χ4v) is 1.74. The second kappa shape index (κ2) is 4.37. The average molecular weight is 193 g/mol. The number of rotatable bonds is 3. The van der Waals surface area contributed by atoms with Crippen LogP contribution in [-0.4, -0.2) is 41.1 Å². The SMILES string of the molecule is CN1CCC[C@H]1COc1cncnc1.